The number of fused-ring (bicyclic) bond motifs is 1. The summed E-state index contributed by atoms with van der Waals surface area (Å²) in [5.74, 6) is 0.207. The molecule has 1 aromatic heterocycles. The van der Waals surface area contributed by atoms with Crippen LogP contribution in [0.4, 0.5) is 4.79 Å². The number of urea groups is 1. The highest BCUT2D eigenvalue weighted by molar-refractivity contribution is 6.29. The first-order valence-electron chi connectivity index (χ1n) is 8.16. The van der Waals surface area contributed by atoms with Crippen molar-refractivity contribution in [2.75, 3.05) is 32.8 Å². The van der Waals surface area contributed by atoms with Crippen molar-refractivity contribution in [1.82, 2.24) is 20.1 Å². The number of rotatable bonds is 1. The quantitative estimate of drug-likeness (QED) is 0.762. The van der Waals surface area contributed by atoms with Gasteiger partial charge in [0, 0.05) is 38.3 Å². The van der Waals surface area contributed by atoms with E-state index in [-0.39, 0.29) is 30.7 Å². The van der Waals surface area contributed by atoms with Gasteiger partial charge in [-0.05, 0) is 18.1 Å². The number of carbonyl (C=O) groups excluding carboxylic acids is 2. The summed E-state index contributed by atoms with van der Waals surface area (Å²) < 4.78 is 5.53. The van der Waals surface area contributed by atoms with Crippen LogP contribution in [0.1, 0.15) is 17.9 Å². The number of aromatic nitrogens is 1. The molecule has 0 aromatic carbocycles. The van der Waals surface area contributed by atoms with Crippen LogP contribution >= 0.6 is 11.6 Å². The van der Waals surface area contributed by atoms with E-state index in [1.807, 2.05) is 15.9 Å². The average Bonchev–Trinajstić information content (AvgIpc) is 2.54. The molecule has 2 unspecified atom stereocenters. The van der Waals surface area contributed by atoms with Crippen molar-refractivity contribution in [3.63, 3.8) is 0 Å². The van der Waals surface area contributed by atoms with Crippen molar-refractivity contribution in [3.05, 3.63) is 29.0 Å². The number of amides is 3. The van der Waals surface area contributed by atoms with Gasteiger partial charge < -0.3 is 19.9 Å². The van der Waals surface area contributed by atoms with Crippen molar-refractivity contribution in [3.8, 4) is 0 Å². The number of morpholine rings is 1. The van der Waals surface area contributed by atoms with Crippen LogP contribution < -0.4 is 5.32 Å². The first-order chi connectivity index (χ1) is 11.6. The molecule has 128 valence electrons. The normalized spacial score (nSPS) is 27.3. The largest absolute Gasteiger partial charge is 0.366 e. The lowest BCUT2D eigenvalue weighted by atomic mass is 9.93. The summed E-state index contributed by atoms with van der Waals surface area (Å²) in [6.45, 7) is 2.68. The SMILES string of the molecule is O=C1COC2CCN(C(=O)N3CC(c4ccc(Cl)nc4)C3)CC2N1. The van der Waals surface area contributed by atoms with Gasteiger partial charge in [0.05, 0.1) is 12.1 Å². The molecule has 0 bridgehead atoms. The Morgan fingerprint density at radius 1 is 1.29 bits per heavy atom. The van der Waals surface area contributed by atoms with Crippen LogP contribution in [0.5, 0.6) is 0 Å². The van der Waals surface area contributed by atoms with Crippen molar-refractivity contribution >= 4 is 23.5 Å². The molecule has 3 saturated heterocycles. The zero-order valence-electron chi connectivity index (χ0n) is 13.2. The van der Waals surface area contributed by atoms with E-state index in [9.17, 15) is 9.59 Å². The van der Waals surface area contributed by atoms with Gasteiger partial charge in [-0.3, -0.25) is 4.79 Å². The van der Waals surface area contributed by atoms with Gasteiger partial charge >= 0.3 is 6.03 Å². The number of piperidine rings is 1. The molecule has 3 aliphatic rings. The van der Waals surface area contributed by atoms with Crippen LogP contribution in [-0.2, 0) is 9.53 Å². The maximum Gasteiger partial charge on any atom is 0.320 e. The van der Waals surface area contributed by atoms with Gasteiger partial charge in [-0.2, -0.15) is 0 Å². The third-order valence-corrected chi connectivity index (χ3v) is 5.19. The molecule has 7 nitrogen and oxygen atoms in total. The number of carbonyl (C=O) groups is 2. The van der Waals surface area contributed by atoms with E-state index in [2.05, 4.69) is 10.3 Å². The van der Waals surface area contributed by atoms with E-state index in [0.29, 0.717) is 37.3 Å². The van der Waals surface area contributed by atoms with Crippen molar-refractivity contribution in [1.29, 1.82) is 0 Å². The summed E-state index contributed by atoms with van der Waals surface area (Å²) in [5.41, 5.74) is 1.11. The van der Waals surface area contributed by atoms with Gasteiger partial charge in [-0.25, -0.2) is 9.78 Å². The van der Waals surface area contributed by atoms with E-state index < -0.39 is 0 Å². The average molecular weight is 351 g/mol. The summed E-state index contributed by atoms with van der Waals surface area (Å²) in [6.07, 6.45) is 2.56. The molecule has 24 heavy (non-hydrogen) atoms. The third kappa shape index (κ3) is 2.93. The number of pyridine rings is 1. The molecule has 0 spiro atoms. The van der Waals surface area contributed by atoms with Crippen molar-refractivity contribution < 1.29 is 14.3 Å². The van der Waals surface area contributed by atoms with Gasteiger partial charge in [0.25, 0.3) is 0 Å². The summed E-state index contributed by atoms with van der Waals surface area (Å²) >= 11 is 5.80. The predicted molar refractivity (Wildman–Crippen MR) is 86.8 cm³/mol. The monoisotopic (exact) mass is 350 g/mol. The molecular weight excluding hydrogens is 332 g/mol. The van der Waals surface area contributed by atoms with Crippen molar-refractivity contribution in [2.45, 2.75) is 24.5 Å². The number of nitrogens with zero attached hydrogens (tertiary/aromatic N) is 3. The Labute approximate surface area is 144 Å². The zero-order chi connectivity index (χ0) is 16.7. The Kier molecular flexibility index (Phi) is 4.05. The van der Waals surface area contributed by atoms with Gasteiger partial charge in [-0.1, -0.05) is 17.7 Å². The molecule has 3 fully saturated rings. The second-order valence-corrected chi connectivity index (χ2v) is 6.94. The second kappa shape index (κ2) is 6.22. The fourth-order valence-electron chi connectivity index (χ4n) is 3.55. The maximum atomic E-state index is 12.6. The lowest BCUT2D eigenvalue weighted by Crippen LogP contribution is -2.63. The van der Waals surface area contributed by atoms with Crippen LogP contribution in [0.2, 0.25) is 5.15 Å². The van der Waals surface area contributed by atoms with E-state index in [0.717, 1.165) is 12.0 Å². The highest BCUT2D eigenvalue weighted by atomic mass is 35.5. The molecule has 1 aromatic rings. The maximum absolute atomic E-state index is 12.6. The van der Waals surface area contributed by atoms with Crippen LogP contribution in [0, 0.1) is 0 Å². The van der Waals surface area contributed by atoms with Gasteiger partial charge in [-0.15, -0.1) is 0 Å². The first-order valence-corrected chi connectivity index (χ1v) is 8.54. The molecule has 0 aliphatic carbocycles. The summed E-state index contributed by atoms with van der Waals surface area (Å²) in [4.78, 5) is 31.8. The summed E-state index contributed by atoms with van der Waals surface area (Å²) in [5, 5.41) is 3.40. The Bertz CT molecular complexity index is 647. The molecule has 8 heteroatoms. The van der Waals surface area contributed by atoms with Crippen molar-refractivity contribution in [2.24, 2.45) is 0 Å². The van der Waals surface area contributed by atoms with Gasteiger partial charge in [0.1, 0.15) is 11.8 Å². The van der Waals surface area contributed by atoms with Gasteiger partial charge in [0.2, 0.25) is 5.91 Å². The Morgan fingerprint density at radius 2 is 2.12 bits per heavy atom. The van der Waals surface area contributed by atoms with E-state index in [1.165, 1.54) is 0 Å². The second-order valence-electron chi connectivity index (χ2n) is 6.56. The molecular formula is C16H19ClN4O3. The lowest BCUT2D eigenvalue weighted by Gasteiger charge is -2.46. The minimum Gasteiger partial charge on any atom is -0.366 e. The Balaban J connectivity index is 1.32. The highest BCUT2D eigenvalue weighted by Gasteiger charge is 2.40. The third-order valence-electron chi connectivity index (χ3n) is 4.97. The number of ether oxygens (including phenoxy) is 1. The smallest absolute Gasteiger partial charge is 0.320 e. The molecule has 0 saturated carbocycles. The fourth-order valence-corrected chi connectivity index (χ4v) is 3.66. The Morgan fingerprint density at radius 3 is 2.88 bits per heavy atom. The topological polar surface area (TPSA) is 74.8 Å². The Hall–Kier alpha value is -1.86. The predicted octanol–water partition coefficient (Wildman–Crippen LogP) is 0.843. The number of hydrogen-bond acceptors (Lipinski definition) is 4. The molecule has 0 radical (unpaired) electrons. The molecule has 3 amide bonds. The molecule has 2 atom stereocenters. The van der Waals surface area contributed by atoms with Crippen LogP contribution in [-0.4, -0.2) is 71.7 Å². The number of hydrogen-bond donors (Lipinski definition) is 1. The number of nitrogens with one attached hydrogen (secondary N) is 1. The zero-order valence-corrected chi connectivity index (χ0v) is 13.9. The minimum absolute atomic E-state index is 0.0241. The van der Waals surface area contributed by atoms with Crippen LogP contribution in [0.15, 0.2) is 18.3 Å². The summed E-state index contributed by atoms with van der Waals surface area (Å²) in [6, 6.07) is 3.67. The van der Waals surface area contributed by atoms with E-state index in [4.69, 9.17) is 16.3 Å². The lowest BCUT2D eigenvalue weighted by molar-refractivity contribution is -0.139. The first kappa shape index (κ1) is 15.7. The van der Waals surface area contributed by atoms with E-state index in [1.54, 1.807) is 12.3 Å². The summed E-state index contributed by atoms with van der Waals surface area (Å²) in [7, 11) is 0. The molecule has 1 N–H and O–H groups in total. The fraction of sp³-hybridized carbons (Fsp3) is 0.562. The molecule has 4 heterocycles. The standard InChI is InChI=1S/C16H19ClN4O3/c17-14-2-1-10(5-18-14)11-6-21(7-11)16(23)20-4-3-13-12(8-20)19-15(22)9-24-13/h1-2,5,11-13H,3-4,6-9H2,(H,19,22). The van der Waals surface area contributed by atoms with Gasteiger partial charge in [0.15, 0.2) is 0 Å². The number of likely N-dealkylation sites (tertiary alicyclic amines) is 2. The highest BCUT2D eigenvalue weighted by Crippen LogP contribution is 2.29. The van der Waals surface area contributed by atoms with Crippen LogP contribution in [0.25, 0.3) is 0 Å². The minimum atomic E-state index is -0.107. The molecule has 4 rings (SSSR count). The number of halogens is 1. The van der Waals surface area contributed by atoms with Crippen LogP contribution in [0.3, 0.4) is 0 Å². The van der Waals surface area contributed by atoms with E-state index >= 15 is 0 Å². The molecule has 3 aliphatic heterocycles.